The summed E-state index contributed by atoms with van der Waals surface area (Å²) in [6.45, 7) is 1.16. The number of hydrogen-bond acceptors (Lipinski definition) is 11. The molecule has 0 radical (unpaired) electrons. The average molecular weight is 577 g/mol. The van der Waals surface area contributed by atoms with Crippen LogP contribution in [0.25, 0.3) is 11.4 Å². The van der Waals surface area contributed by atoms with Crippen LogP contribution in [0.2, 0.25) is 0 Å². The Morgan fingerprint density at radius 3 is 2.56 bits per heavy atom. The lowest BCUT2D eigenvalue weighted by Gasteiger charge is -2.19. The number of aromatic nitrogens is 6. The van der Waals surface area contributed by atoms with Gasteiger partial charge < -0.3 is 21.3 Å². The molecule has 2 amide bonds. The molecule has 5 N–H and O–H groups in total. The zero-order valence-corrected chi connectivity index (χ0v) is 22.6. The number of hydrogen-bond donors (Lipinski definition) is 4. The van der Waals surface area contributed by atoms with Crippen LogP contribution in [0.5, 0.6) is 0 Å². The molecule has 1 atom stereocenters. The van der Waals surface area contributed by atoms with Crippen LogP contribution in [-0.4, -0.2) is 42.4 Å². The summed E-state index contributed by atoms with van der Waals surface area (Å²) >= 11 is 0. The maximum atomic E-state index is 13.1. The molecule has 0 fully saturated rings. The maximum absolute atomic E-state index is 13.1. The number of aryl methyl sites for hydroxylation is 1. The van der Waals surface area contributed by atoms with Crippen LogP contribution in [0.15, 0.2) is 58.4 Å². The number of rotatable bonds is 7. The van der Waals surface area contributed by atoms with E-state index in [-0.39, 0.29) is 35.3 Å². The zero-order chi connectivity index (χ0) is 29.7. The third-order valence-corrected chi connectivity index (χ3v) is 7.95. The smallest absolute Gasteiger partial charge is 0.270 e. The van der Waals surface area contributed by atoms with E-state index in [2.05, 4.69) is 41.2 Å². The van der Waals surface area contributed by atoms with E-state index >= 15 is 0 Å². The van der Waals surface area contributed by atoms with Crippen molar-refractivity contribution in [1.82, 2.24) is 41.2 Å². The number of nitrogens with one attached hydrogen (secondary N) is 3. The molecule has 214 valence electrons. The van der Waals surface area contributed by atoms with Crippen molar-refractivity contribution in [2.24, 2.45) is 0 Å². The van der Waals surface area contributed by atoms with E-state index in [1.165, 1.54) is 12.4 Å². The Hall–Kier alpha value is -5.79. The van der Waals surface area contributed by atoms with Crippen molar-refractivity contribution in [3.8, 4) is 11.4 Å². The number of amides is 2. The monoisotopic (exact) mass is 576 g/mol. The standard InChI is InChI=1S/C29H24N10O4/c30-23-24(26(41)25(23)40)39-11-17-2-1-14(7-18(17)12-39)10-31-28(42)21-9-22(33-13-32-21)29(43)34-20-6-4-15-8-16(3-5-19(15)20)27-35-37-38-36-27/h1-3,5,7-9,13,20H,4,6,10-12,30H2,(H,31,42)(H,34,43)(H,35,36,37,38)/t20-/m0/s1. The minimum Gasteiger partial charge on any atom is -0.394 e. The fraction of sp³-hybridized carbons (Fsp3) is 0.207. The molecule has 14 heteroatoms. The maximum Gasteiger partial charge on any atom is 0.270 e. The third kappa shape index (κ3) is 4.67. The van der Waals surface area contributed by atoms with Crippen LogP contribution in [0.4, 0.5) is 11.4 Å². The van der Waals surface area contributed by atoms with Crippen LogP contribution in [0.3, 0.4) is 0 Å². The Kier molecular flexibility index (Phi) is 6.22. The van der Waals surface area contributed by atoms with Gasteiger partial charge in [-0.05, 0) is 51.9 Å². The number of carbonyl (C=O) groups excluding carboxylic acids is 2. The van der Waals surface area contributed by atoms with Gasteiger partial charge in [-0.25, -0.2) is 9.97 Å². The highest BCUT2D eigenvalue weighted by Gasteiger charge is 2.29. The Morgan fingerprint density at radius 2 is 1.77 bits per heavy atom. The minimum atomic E-state index is -0.639. The zero-order valence-electron chi connectivity index (χ0n) is 22.6. The van der Waals surface area contributed by atoms with Crippen molar-refractivity contribution in [1.29, 1.82) is 0 Å². The van der Waals surface area contributed by atoms with Gasteiger partial charge in [-0.3, -0.25) is 19.2 Å². The number of benzene rings is 2. The molecular weight excluding hydrogens is 552 g/mol. The molecule has 0 spiro atoms. The Balaban J connectivity index is 0.976. The molecule has 5 aromatic rings. The predicted octanol–water partition coefficient (Wildman–Crippen LogP) is 0.702. The summed E-state index contributed by atoms with van der Waals surface area (Å²) in [5, 5.41) is 19.9. The van der Waals surface area contributed by atoms with Crippen molar-refractivity contribution < 1.29 is 9.59 Å². The summed E-state index contributed by atoms with van der Waals surface area (Å²) < 4.78 is 0. The second-order valence-corrected chi connectivity index (χ2v) is 10.6. The van der Waals surface area contributed by atoms with Gasteiger partial charge in [0.1, 0.15) is 29.1 Å². The number of aromatic amines is 1. The highest BCUT2D eigenvalue weighted by atomic mass is 16.2. The largest absolute Gasteiger partial charge is 0.394 e. The van der Waals surface area contributed by atoms with Gasteiger partial charge in [0, 0.05) is 31.3 Å². The molecule has 2 aromatic heterocycles. The lowest BCUT2D eigenvalue weighted by atomic mass is 10.0. The number of tetrazole rings is 1. The number of nitrogens with zero attached hydrogens (tertiary/aromatic N) is 6. The summed E-state index contributed by atoms with van der Waals surface area (Å²) in [6.07, 6.45) is 2.71. The number of anilines is 2. The van der Waals surface area contributed by atoms with Crippen molar-refractivity contribution in [2.75, 3.05) is 10.6 Å². The number of carbonyl (C=O) groups is 2. The molecular formula is C29H24N10O4. The van der Waals surface area contributed by atoms with Crippen LogP contribution in [0.1, 0.15) is 61.3 Å². The molecule has 0 saturated heterocycles. The first-order valence-corrected chi connectivity index (χ1v) is 13.6. The fourth-order valence-corrected chi connectivity index (χ4v) is 5.73. The molecule has 1 aliphatic carbocycles. The Morgan fingerprint density at radius 1 is 0.953 bits per heavy atom. The molecule has 0 saturated carbocycles. The average Bonchev–Trinajstić information content (AvgIpc) is 3.80. The van der Waals surface area contributed by atoms with Gasteiger partial charge in [-0.1, -0.05) is 30.3 Å². The fourth-order valence-electron chi connectivity index (χ4n) is 5.73. The molecule has 0 bridgehead atoms. The SMILES string of the molecule is Nc1c(N2Cc3ccc(CNC(=O)c4cc(C(=O)N[C@H]5CCc6cc(-c7nn[nH]n7)ccc65)ncn4)cc3C2)c(=O)c1=O. The minimum absolute atomic E-state index is 0.00628. The second kappa shape index (κ2) is 10.2. The molecule has 2 aliphatic rings. The Labute approximate surface area is 243 Å². The molecule has 1 aliphatic heterocycles. The summed E-state index contributed by atoms with van der Waals surface area (Å²) in [7, 11) is 0. The van der Waals surface area contributed by atoms with E-state index < -0.39 is 22.7 Å². The summed E-state index contributed by atoms with van der Waals surface area (Å²) in [5.41, 5.74) is 10.8. The normalized spacial score (nSPS) is 15.3. The van der Waals surface area contributed by atoms with E-state index in [1.54, 1.807) is 4.90 Å². The van der Waals surface area contributed by atoms with Gasteiger partial charge in [-0.15, -0.1) is 10.2 Å². The third-order valence-electron chi connectivity index (χ3n) is 7.95. The summed E-state index contributed by atoms with van der Waals surface area (Å²) in [5.74, 6) is -0.342. The lowest BCUT2D eigenvalue weighted by molar-refractivity contribution is 0.0931. The molecule has 3 aromatic carbocycles. The van der Waals surface area contributed by atoms with Gasteiger partial charge in [0.05, 0.1) is 6.04 Å². The quantitative estimate of drug-likeness (QED) is 0.199. The molecule has 3 heterocycles. The van der Waals surface area contributed by atoms with Crippen LogP contribution < -0.4 is 32.1 Å². The summed E-state index contributed by atoms with van der Waals surface area (Å²) in [4.78, 5) is 59.3. The van der Waals surface area contributed by atoms with Gasteiger partial charge in [0.15, 0.2) is 0 Å². The van der Waals surface area contributed by atoms with Crippen molar-refractivity contribution in [3.05, 3.63) is 108 Å². The van der Waals surface area contributed by atoms with E-state index in [0.717, 1.165) is 46.2 Å². The molecule has 7 rings (SSSR count). The summed E-state index contributed by atoms with van der Waals surface area (Å²) in [6, 6.07) is 12.8. The topological polar surface area (TPSA) is 202 Å². The van der Waals surface area contributed by atoms with Crippen LogP contribution >= 0.6 is 0 Å². The van der Waals surface area contributed by atoms with E-state index in [9.17, 15) is 19.2 Å². The molecule has 43 heavy (non-hydrogen) atoms. The highest BCUT2D eigenvalue weighted by molar-refractivity contribution is 5.97. The molecule has 0 unspecified atom stereocenters. The van der Waals surface area contributed by atoms with E-state index in [1.807, 2.05) is 36.4 Å². The first-order chi connectivity index (χ1) is 20.9. The van der Waals surface area contributed by atoms with Gasteiger partial charge in [0.25, 0.3) is 22.7 Å². The van der Waals surface area contributed by atoms with Crippen molar-refractivity contribution >= 4 is 23.2 Å². The van der Waals surface area contributed by atoms with E-state index in [4.69, 9.17) is 5.73 Å². The number of nitrogens with two attached hydrogens (primary N) is 1. The number of H-pyrrole nitrogens is 1. The highest BCUT2D eigenvalue weighted by Crippen LogP contribution is 2.34. The second-order valence-electron chi connectivity index (χ2n) is 10.6. The number of fused-ring (bicyclic) bond motifs is 2. The lowest BCUT2D eigenvalue weighted by Crippen LogP contribution is -2.40. The van der Waals surface area contributed by atoms with Gasteiger partial charge in [-0.2, -0.15) is 5.21 Å². The van der Waals surface area contributed by atoms with Crippen LogP contribution in [0, 0.1) is 0 Å². The first kappa shape index (κ1) is 26.1. The van der Waals surface area contributed by atoms with Gasteiger partial charge in [0.2, 0.25) is 5.82 Å². The predicted molar refractivity (Wildman–Crippen MR) is 153 cm³/mol. The van der Waals surface area contributed by atoms with E-state index in [0.29, 0.717) is 18.9 Å². The van der Waals surface area contributed by atoms with Crippen molar-refractivity contribution in [3.63, 3.8) is 0 Å². The van der Waals surface area contributed by atoms with Crippen LogP contribution in [-0.2, 0) is 26.1 Å². The van der Waals surface area contributed by atoms with Gasteiger partial charge >= 0.3 is 0 Å². The number of nitrogen functional groups attached to an aromatic ring is 1. The first-order valence-electron chi connectivity index (χ1n) is 13.6. The van der Waals surface area contributed by atoms with Crippen molar-refractivity contribution in [2.45, 2.75) is 38.5 Å². The molecule has 14 nitrogen and oxygen atoms in total. The Bertz CT molecular complexity index is 1980.